The van der Waals surface area contributed by atoms with Crippen LogP contribution in [0.2, 0.25) is 0 Å². The molecule has 0 saturated carbocycles. The number of non-ortho nitro benzene ring substituents is 1. The summed E-state index contributed by atoms with van der Waals surface area (Å²) in [4.78, 5) is 12.4. The minimum atomic E-state index is -2.99. The lowest BCUT2D eigenvalue weighted by atomic mass is 9.95. The molecular weight excluding hydrogens is 380 g/mol. The van der Waals surface area contributed by atoms with Crippen LogP contribution in [-0.2, 0) is 6.54 Å². The van der Waals surface area contributed by atoms with Crippen LogP contribution in [0.1, 0.15) is 17.0 Å². The van der Waals surface area contributed by atoms with Gasteiger partial charge in [-0.05, 0) is 11.6 Å². The van der Waals surface area contributed by atoms with Gasteiger partial charge in [0, 0.05) is 49.3 Å². The Morgan fingerprint density at radius 1 is 1.22 bits per heavy atom. The summed E-state index contributed by atoms with van der Waals surface area (Å²) in [6, 6.07) is 13.4. The molecule has 0 aliphatic carbocycles. The van der Waals surface area contributed by atoms with Crippen LogP contribution in [0.25, 0.3) is 0 Å². The van der Waals surface area contributed by atoms with E-state index < -0.39 is 11.5 Å². The first-order valence-corrected chi connectivity index (χ1v) is 8.19. The number of nitro benzene ring substituents is 1. The number of rotatable bonds is 6. The Balaban J connectivity index is 0.00000261. The Labute approximate surface area is 161 Å². The van der Waals surface area contributed by atoms with Gasteiger partial charge in [0.05, 0.1) is 4.92 Å². The predicted molar refractivity (Wildman–Crippen MR) is 99.4 cm³/mol. The molecule has 0 bridgehead atoms. The predicted octanol–water partition coefficient (Wildman–Crippen LogP) is 3.54. The van der Waals surface area contributed by atoms with E-state index in [0.717, 1.165) is 11.6 Å². The molecule has 2 aromatic carbocycles. The van der Waals surface area contributed by atoms with Gasteiger partial charge in [0.25, 0.3) is 5.69 Å². The zero-order valence-electron chi connectivity index (χ0n) is 14.3. The molecule has 0 amide bonds. The maximum Gasteiger partial charge on any atom is 0.387 e. The van der Waals surface area contributed by atoms with Gasteiger partial charge in [-0.15, -0.1) is 12.4 Å². The summed E-state index contributed by atoms with van der Waals surface area (Å²) in [5.41, 5.74) is 7.55. The lowest BCUT2D eigenvalue weighted by molar-refractivity contribution is -0.385. The second-order valence-electron chi connectivity index (χ2n) is 6.30. The largest absolute Gasteiger partial charge is 0.434 e. The van der Waals surface area contributed by atoms with Gasteiger partial charge in [0.15, 0.2) is 0 Å². The lowest BCUT2D eigenvalue weighted by Gasteiger charge is -2.18. The maximum absolute atomic E-state index is 12.6. The fraction of sp³-hybridized carbons (Fsp3) is 0.333. The van der Waals surface area contributed by atoms with E-state index in [0.29, 0.717) is 18.7 Å². The minimum absolute atomic E-state index is 0. The van der Waals surface area contributed by atoms with Gasteiger partial charge in [-0.25, -0.2) is 0 Å². The van der Waals surface area contributed by atoms with Gasteiger partial charge in [0.2, 0.25) is 0 Å². The number of hydrogen-bond acceptors (Lipinski definition) is 5. The van der Waals surface area contributed by atoms with Crippen molar-refractivity contribution in [2.45, 2.75) is 25.1 Å². The van der Waals surface area contributed by atoms with E-state index in [4.69, 9.17) is 5.73 Å². The van der Waals surface area contributed by atoms with E-state index >= 15 is 0 Å². The highest BCUT2D eigenvalue weighted by atomic mass is 35.5. The fourth-order valence-electron chi connectivity index (χ4n) is 3.35. The average Bonchev–Trinajstić information content (AvgIpc) is 2.97. The normalized spacial score (nSPS) is 19.7. The third-order valence-electron chi connectivity index (χ3n) is 4.53. The third-order valence-corrected chi connectivity index (χ3v) is 4.53. The molecule has 9 heteroatoms. The summed E-state index contributed by atoms with van der Waals surface area (Å²) in [7, 11) is 0. The van der Waals surface area contributed by atoms with Crippen molar-refractivity contribution in [2.75, 3.05) is 13.1 Å². The highest BCUT2D eigenvalue weighted by Crippen LogP contribution is 2.31. The lowest BCUT2D eigenvalue weighted by Crippen LogP contribution is -2.28. The Bertz CT molecular complexity index is 780. The summed E-state index contributed by atoms with van der Waals surface area (Å²) in [5, 5.41) is 11.0. The SMILES string of the molecule is Cl.N[C@@H]1CN(Cc2cc([N+](=O)[O-])ccc2OC(F)F)C[C@H]1c1ccccc1. The van der Waals surface area contributed by atoms with E-state index in [9.17, 15) is 18.9 Å². The maximum atomic E-state index is 12.6. The molecule has 2 atom stereocenters. The molecule has 1 heterocycles. The van der Waals surface area contributed by atoms with Crippen molar-refractivity contribution in [1.82, 2.24) is 4.90 Å². The van der Waals surface area contributed by atoms with Gasteiger partial charge >= 0.3 is 6.61 Å². The van der Waals surface area contributed by atoms with Gasteiger partial charge in [-0.2, -0.15) is 8.78 Å². The van der Waals surface area contributed by atoms with E-state index in [1.165, 1.54) is 12.1 Å². The average molecular weight is 400 g/mol. The van der Waals surface area contributed by atoms with Crippen LogP contribution < -0.4 is 10.5 Å². The molecular formula is C18H20ClF2N3O3. The fourth-order valence-corrected chi connectivity index (χ4v) is 3.35. The van der Waals surface area contributed by atoms with Crippen molar-refractivity contribution in [3.63, 3.8) is 0 Å². The van der Waals surface area contributed by atoms with Crippen LogP contribution in [-0.4, -0.2) is 35.6 Å². The summed E-state index contributed by atoms with van der Waals surface area (Å²) in [6.45, 7) is -1.54. The Kier molecular flexibility index (Phi) is 7.06. The summed E-state index contributed by atoms with van der Waals surface area (Å²) in [5.74, 6) is 0.0664. The van der Waals surface area contributed by atoms with Crippen LogP contribution >= 0.6 is 12.4 Å². The first kappa shape index (κ1) is 21.0. The van der Waals surface area contributed by atoms with Crippen LogP contribution in [0.5, 0.6) is 5.75 Å². The zero-order chi connectivity index (χ0) is 18.7. The molecule has 6 nitrogen and oxygen atoms in total. The zero-order valence-corrected chi connectivity index (χ0v) is 15.1. The Hall–Kier alpha value is -2.29. The van der Waals surface area contributed by atoms with Crippen molar-refractivity contribution < 1.29 is 18.4 Å². The minimum Gasteiger partial charge on any atom is -0.434 e. The summed E-state index contributed by atoms with van der Waals surface area (Å²) < 4.78 is 29.8. The number of halogens is 3. The monoisotopic (exact) mass is 399 g/mol. The third kappa shape index (κ3) is 5.12. The number of nitro groups is 1. The topological polar surface area (TPSA) is 81.6 Å². The molecule has 2 aromatic rings. The van der Waals surface area contributed by atoms with Gasteiger partial charge < -0.3 is 10.5 Å². The van der Waals surface area contributed by atoms with Crippen molar-refractivity contribution >= 4 is 18.1 Å². The van der Waals surface area contributed by atoms with E-state index in [1.807, 2.05) is 35.2 Å². The molecule has 3 rings (SSSR count). The number of alkyl halides is 2. The molecule has 27 heavy (non-hydrogen) atoms. The van der Waals surface area contributed by atoms with Crippen LogP contribution in [0.15, 0.2) is 48.5 Å². The van der Waals surface area contributed by atoms with Gasteiger partial charge in [0.1, 0.15) is 5.75 Å². The summed E-state index contributed by atoms with van der Waals surface area (Å²) in [6.07, 6.45) is 0. The number of likely N-dealkylation sites (tertiary alicyclic amines) is 1. The highest BCUT2D eigenvalue weighted by Gasteiger charge is 2.32. The Morgan fingerprint density at radius 3 is 2.56 bits per heavy atom. The van der Waals surface area contributed by atoms with Crippen molar-refractivity contribution in [2.24, 2.45) is 5.73 Å². The standard InChI is InChI=1S/C18H19F2N3O3.ClH/c19-18(20)26-17-7-6-14(23(24)25)8-13(17)9-22-10-15(16(21)11-22)12-4-2-1-3-5-12;/h1-8,15-16,18H,9-11,21H2;1H/t15-,16+;/m0./s1. The van der Waals surface area contributed by atoms with E-state index in [1.54, 1.807) is 0 Å². The highest BCUT2D eigenvalue weighted by molar-refractivity contribution is 5.85. The molecule has 0 radical (unpaired) electrons. The number of nitrogens with two attached hydrogens (primary N) is 1. The molecule has 2 N–H and O–H groups in total. The molecule has 0 spiro atoms. The second-order valence-corrected chi connectivity index (χ2v) is 6.30. The van der Waals surface area contributed by atoms with Crippen LogP contribution in [0.3, 0.4) is 0 Å². The number of benzene rings is 2. The quantitative estimate of drug-likeness (QED) is 0.593. The molecule has 1 fully saturated rings. The summed E-state index contributed by atoms with van der Waals surface area (Å²) >= 11 is 0. The number of ether oxygens (including phenoxy) is 1. The van der Waals surface area contributed by atoms with Crippen molar-refractivity contribution in [3.05, 3.63) is 69.8 Å². The van der Waals surface area contributed by atoms with Crippen molar-refractivity contribution in [3.8, 4) is 5.75 Å². The van der Waals surface area contributed by atoms with Gasteiger partial charge in [-0.3, -0.25) is 15.0 Å². The van der Waals surface area contributed by atoms with Gasteiger partial charge in [-0.1, -0.05) is 30.3 Å². The van der Waals surface area contributed by atoms with Crippen LogP contribution in [0.4, 0.5) is 14.5 Å². The second kappa shape index (κ2) is 9.07. The number of hydrogen-bond donors (Lipinski definition) is 1. The first-order chi connectivity index (χ1) is 12.4. The molecule has 1 aliphatic heterocycles. The molecule has 146 valence electrons. The van der Waals surface area contributed by atoms with E-state index in [2.05, 4.69) is 4.74 Å². The Morgan fingerprint density at radius 2 is 1.93 bits per heavy atom. The van der Waals surface area contributed by atoms with Crippen molar-refractivity contribution in [1.29, 1.82) is 0 Å². The molecule has 0 unspecified atom stereocenters. The smallest absolute Gasteiger partial charge is 0.387 e. The molecule has 0 aromatic heterocycles. The number of nitrogens with zero attached hydrogens (tertiary/aromatic N) is 2. The molecule has 1 saturated heterocycles. The molecule has 1 aliphatic rings. The van der Waals surface area contributed by atoms with E-state index in [-0.39, 0.29) is 42.3 Å². The van der Waals surface area contributed by atoms with Crippen LogP contribution in [0, 0.1) is 10.1 Å². The first-order valence-electron chi connectivity index (χ1n) is 8.19.